The van der Waals surface area contributed by atoms with Gasteiger partial charge in [-0.25, -0.2) is 4.98 Å². The van der Waals surface area contributed by atoms with E-state index in [1.807, 2.05) is 36.9 Å². The van der Waals surface area contributed by atoms with Crippen molar-refractivity contribution in [1.82, 2.24) is 14.5 Å². The molecule has 0 fully saturated rings. The number of imidazole rings is 1. The van der Waals surface area contributed by atoms with Crippen molar-refractivity contribution in [1.29, 1.82) is 0 Å². The van der Waals surface area contributed by atoms with Crippen LogP contribution >= 0.6 is 0 Å². The van der Waals surface area contributed by atoms with E-state index in [1.165, 1.54) is 5.39 Å². The summed E-state index contributed by atoms with van der Waals surface area (Å²) < 4.78 is 2.14. The van der Waals surface area contributed by atoms with Crippen LogP contribution < -0.4 is 5.32 Å². The van der Waals surface area contributed by atoms with Crippen molar-refractivity contribution in [3.05, 3.63) is 49.1 Å². The van der Waals surface area contributed by atoms with Crippen molar-refractivity contribution >= 4 is 22.4 Å². The molecule has 0 unspecified atom stereocenters. The molecule has 0 saturated carbocycles. The van der Waals surface area contributed by atoms with Gasteiger partial charge < -0.3 is 9.88 Å². The van der Waals surface area contributed by atoms with Gasteiger partial charge in [-0.15, -0.1) is 0 Å². The molecule has 4 nitrogen and oxygen atoms in total. The average Bonchev–Trinajstić information content (AvgIpc) is 2.86. The third-order valence-electron chi connectivity index (χ3n) is 3.21. The van der Waals surface area contributed by atoms with Gasteiger partial charge in [0.25, 0.3) is 0 Å². The second-order valence-electron chi connectivity index (χ2n) is 5.32. The quantitative estimate of drug-likeness (QED) is 0.780. The van der Waals surface area contributed by atoms with E-state index in [0.29, 0.717) is 5.92 Å². The average molecular weight is 266 g/mol. The second kappa shape index (κ2) is 5.33. The van der Waals surface area contributed by atoms with Crippen LogP contribution in [0.25, 0.3) is 10.8 Å². The second-order valence-corrected chi connectivity index (χ2v) is 5.32. The molecule has 4 heteroatoms. The zero-order valence-corrected chi connectivity index (χ0v) is 11.7. The Kier molecular flexibility index (Phi) is 3.37. The first kappa shape index (κ1) is 12.7. The number of nitrogens with zero attached hydrogens (tertiary/aromatic N) is 3. The van der Waals surface area contributed by atoms with Gasteiger partial charge in [0.1, 0.15) is 0 Å². The molecular formula is C16H18N4. The van der Waals surface area contributed by atoms with Gasteiger partial charge in [-0.2, -0.15) is 0 Å². The van der Waals surface area contributed by atoms with Crippen molar-refractivity contribution in [2.75, 3.05) is 5.32 Å². The Balaban J connectivity index is 1.96. The maximum Gasteiger partial charge on any atom is 0.207 e. The van der Waals surface area contributed by atoms with Gasteiger partial charge in [0.2, 0.25) is 5.95 Å². The Morgan fingerprint density at radius 3 is 2.95 bits per heavy atom. The van der Waals surface area contributed by atoms with E-state index < -0.39 is 0 Å². The highest BCUT2D eigenvalue weighted by Crippen LogP contribution is 2.25. The third-order valence-corrected chi connectivity index (χ3v) is 3.21. The maximum atomic E-state index is 4.40. The molecule has 0 saturated heterocycles. The molecule has 0 atom stereocenters. The first-order valence-electron chi connectivity index (χ1n) is 6.85. The molecule has 2 aromatic heterocycles. The monoisotopic (exact) mass is 266 g/mol. The molecule has 3 aromatic rings. The summed E-state index contributed by atoms with van der Waals surface area (Å²) in [5, 5.41) is 5.69. The highest BCUT2D eigenvalue weighted by Gasteiger charge is 2.07. The zero-order valence-electron chi connectivity index (χ0n) is 11.7. The van der Waals surface area contributed by atoms with Crippen molar-refractivity contribution in [3.63, 3.8) is 0 Å². The lowest BCUT2D eigenvalue weighted by Crippen LogP contribution is -2.07. The number of aromatic nitrogens is 3. The number of nitrogens with one attached hydrogen (secondary N) is 1. The molecular weight excluding hydrogens is 248 g/mol. The normalized spacial score (nSPS) is 11.2. The van der Waals surface area contributed by atoms with Crippen LogP contribution in [0.5, 0.6) is 0 Å². The molecule has 1 N–H and O–H groups in total. The summed E-state index contributed by atoms with van der Waals surface area (Å²) in [4.78, 5) is 8.61. The molecule has 0 aliphatic carbocycles. The number of hydrogen-bond acceptors (Lipinski definition) is 3. The Morgan fingerprint density at radius 1 is 1.20 bits per heavy atom. The van der Waals surface area contributed by atoms with Crippen LogP contribution in [0.1, 0.15) is 13.8 Å². The summed E-state index contributed by atoms with van der Waals surface area (Å²) in [5.74, 6) is 1.45. The number of fused-ring (bicyclic) bond motifs is 1. The van der Waals surface area contributed by atoms with Crippen LogP contribution in [0.15, 0.2) is 49.1 Å². The lowest BCUT2D eigenvalue weighted by molar-refractivity contribution is 0.527. The van der Waals surface area contributed by atoms with Crippen molar-refractivity contribution in [2.24, 2.45) is 5.92 Å². The molecule has 0 amide bonds. The lowest BCUT2D eigenvalue weighted by atomic mass is 10.1. The minimum atomic E-state index is 0.582. The number of benzene rings is 1. The van der Waals surface area contributed by atoms with Gasteiger partial charge in [-0.05, 0) is 23.4 Å². The molecule has 3 rings (SSSR count). The summed E-state index contributed by atoms with van der Waals surface area (Å²) in [7, 11) is 0. The van der Waals surface area contributed by atoms with E-state index >= 15 is 0 Å². The van der Waals surface area contributed by atoms with Crippen molar-refractivity contribution in [2.45, 2.75) is 20.4 Å². The van der Waals surface area contributed by atoms with Crippen LogP contribution in [0, 0.1) is 5.92 Å². The molecule has 0 bridgehead atoms. The number of hydrogen-bond donors (Lipinski definition) is 1. The standard InChI is InChI=1S/C16H18N4/c1-12(2)11-20-9-8-18-16(20)19-15-5-3-4-13-6-7-17-10-14(13)15/h3-10,12H,11H2,1-2H3,(H,18,19). The lowest BCUT2D eigenvalue weighted by Gasteiger charge is -2.13. The van der Waals surface area contributed by atoms with Crippen LogP contribution in [0.3, 0.4) is 0 Å². The Morgan fingerprint density at radius 2 is 2.10 bits per heavy atom. The number of pyridine rings is 1. The molecule has 102 valence electrons. The molecule has 2 heterocycles. The first-order chi connectivity index (χ1) is 9.74. The van der Waals surface area contributed by atoms with Gasteiger partial charge in [0, 0.05) is 36.7 Å². The summed E-state index contributed by atoms with van der Waals surface area (Å²) in [6.45, 7) is 5.35. The molecule has 0 radical (unpaired) electrons. The van der Waals surface area contributed by atoms with Crippen LogP contribution in [0.4, 0.5) is 11.6 Å². The van der Waals surface area contributed by atoms with E-state index in [0.717, 1.165) is 23.6 Å². The predicted molar refractivity (Wildman–Crippen MR) is 82.1 cm³/mol. The third kappa shape index (κ3) is 2.50. The van der Waals surface area contributed by atoms with Crippen LogP contribution in [-0.2, 0) is 6.54 Å². The fourth-order valence-electron chi connectivity index (χ4n) is 2.32. The topological polar surface area (TPSA) is 42.7 Å². The summed E-state index contributed by atoms with van der Waals surface area (Å²) >= 11 is 0. The van der Waals surface area contributed by atoms with Crippen molar-refractivity contribution < 1.29 is 0 Å². The van der Waals surface area contributed by atoms with E-state index in [9.17, 15) is 0 Å². The highest BCUT2D eigenvalue weighted by atomic mass is 15.2. The smallest absolute Gasteiger partial charge is 0.207 e. The maximum absolute atomic E-state index is 4.40. The number of anilines is 2. The van der Waals surface area contributed by atoms with Crippen LogP contribution in [-0.4, -0.2) is 14.5 Å². The minimum Gasteiger partial charge on any atom is -0.325 e. The predicted octanol–water partition coefficient (Wildman–Crippen LogP) is 3.83. The molecule has 0 aliphatic heterocycles. The minimum absolute atomic E-state index is 0.582. The Labute approximate surface area is 118 Å². The van der Waals surface area contributed by atoms with E-state index in [4.69, 9.17) is 0 Å². The first-order valence-corrected chi connectivity index (χ1v) is 6.85. The largest absolute Gasteiger partial charge is 0.325 e. The Bertz CT molecular complexity index is 710. The van der Waals surface area contributed by atoms with E-state index in [-0.39, 0.29) is 0 Å². The molecule has 1 aromatic carbocycles. The molecule has 0 aliphatic rings. The van der Waals surface area contributed by atoms with Crippen LogP contribution in [0.2, 0.25) is 0 Å². The van der Waals surface area contributed by atoms with Gasteiger partial charge in [0.15, 0.2) is 0 Å². The Hall–Kier alpha value is -2.36. The number of rotatable bonds is 4. The van der Waals surface area contributed by atoms with Crippen molar-refractivity contribution in [3.8, 4) is 0 Å². The van der Waals surface area contributed by atoms with Gasteiger partial charge in [0.05, 0.1) is 5.69 Å². The zero-order chi connectivity index (χ0) is 13.9. The molecule has 20 heavy (non-hydrogen) atoms. The van der Waals surface area contributed by atoms with Gasteiger partial charge in [-0.1, -0.05) is 26.0 Å². The summed E-state index contributed by atoms with van der Waals surface area (Å²) in [6, 6.07) is 8.20. The fourth-order valence-corrected chi connectivity index (χ4v) is 2.32. The van der Waals surface area contributed by atoms with E-state index in [1.54, 1.807) is 0 Å². The van der Waals surface area contributed by atoms with E-state index in [2.05, 4.69) is 45.8 Å². The summed E-state index contributed by atoms with van der Waals surface area (Å²) in [6.07, 6.45) is 7.53. The molecule has 0 spiro atoms. The van der Waals surface area contributed by atoms with Gasteiger partial charge in [-0.3, -0.25) is 4.98 Å². The summed E-state index contributed by atoms with van der Waals surface area (Å²) in [5.41, 5.74) is 1.03. The van der Waals surface area contributed by atoms with Gasteiger partial charge >= 0.3 is 0 Å². The highest BCUT2D eigenvalue weighted by molar-refractivity contribution is 5.94. The fraction of sp³-hybridized carbons (Fsp3) is 0.250. The SMILES string of the molecule is CC(C)Cn1ccnc1Nc1cccc2ccncc12.